The minimum atomic E-state index is 0.0335. The predicted octanol–water partition coefficient (Wildman–Crippen LogP) is 2.57. The summed E-state index contributed by atoms with van der Waals surface area (Å²) in [4.78, 5) is 18.5. The molecule has 118 valence electrons. The molecular weight excluding hydrogens is 292 g/mol. The van der Waals surface area contributed by atoms with Crippen LogP contribution in [0.15, 0.2) is 35.1 Å². The first-order chi connectivity index (χ1) is 11.2. The molecule has 0 unspecified atom stereocenters. The maximum absolute atomic E-state index is 12.4. The lowest BCUT2D eigenvalue weighted by molar-refractivity contribution is 0.0716. The number of carbonyl (C=O) groups is 1. The molecule has 6 heteroatoms. The number of anilines is 1. The minimum Gasteiger partial charge on any atom is -0.469 e. The summed E-state index contributed by atoms with van der Waals surface area (Å²) in [6.45, 7) is 3.22. The van der Waals surface area contributed by atoms with Crippen molar-refractivity contribution < 1.29 is 9.21 Å². The van der Waals surface area contributed by atoms with Gasteiger partial charge in [-0.15, -0.1) is 0 Å². The van der Waals surface area contributed by atoms with Gasteiger partial charge in [0.2, 0.25) is 0 Å². The molecule has 1 saturated heterocycles. The number of hydrogen-bond donors (Lipinski definition) is 1. The Hall–Kier alpha value is -2.81. The van der Waals surface area contributed by atoms with Gasteiger partial charge in [-0.05, 0) is 38.0 Å². The number of nitrogens with one attached hydrogen (secondary N) is 1. The van der Waals surface area contributed by atoms with Crippen molar-refractivity contribution in [3.63, 3.8) is 0 Å². The molecule has 23 heavy (non-hydrogen) atoms. The van der Waals surface area contributed by atoms with Gasteiger partial charge in [-0.1, -0.05) is 0 Å². The van der Waals surface area contributed by atoms with E-state index in [-0.39, 0.29) is 11.9 Å². The average Bonchev–Trinajstić information content (AvgIpc) is 3.02. The van der Waals surface area contributed by atoms with Crippen LogP contribution in [0, 0.1) is 18.3 Å². The van der Waals surface area contributed by atoms with Crippen molar-refractivity contribution in [3.05, 3.63) is 47.5 Å². The van der Waals surface area contributed by atoms with E-state index in [1.807, 2.05) is 11.0 Å². The Kier molecular flexibility index (Phi) is 4.29. The Morgan fingerprint density at radius 3 is 2.74 bits per heavy atom. The molecular formula is C17H18N4O2. The molecule has 3 heterocycles. The number of nitriles is 1. The highest BCUT2D eigenvalue weighted by molar-refractivity contribution is 5.95. The van der Waals surface area contributed by atoms with Crippen molar-refractivity contribution in [2.24, 2.45) is 0 Å². The maximum Gasteiger partial charge on any atom is 0.257 e. The Labute approximate surface area is 134 Å². The molecule has 0 aliphatic carbocycles. The number of pyridine rings is 1. The Morgan fingerprint density at radius 1 is 1.39 bits per heavy atom. The van der Waals surface area contributed by atoms with Crippen LogP contribution in [-0.4, -0.2) is 34.9 Å². The van der Waals surface area contributed by atoms with E-state index in [0.717, 1.165) is 18.7 Å². The lowest BCUT2D eigenvalue weighted by atomic mass is 10.0. The summed E-state index contributed by atoms with van der Waals surface area (Å²) < 4.78 is 5.20. The molecule has 0 aromatic carbocycles. The molecule has 1 aliphatic heterocycles. The van der Waals surface area contributed by atoms with Crippen molar-refractivity contribution >= 4 is 11.7 Å². The van der Waals surface area contributed by atoms with Crippen LogP contribution < -0.4 is 5.32 Å². The monoisotopic (exact) mass is 310 g/mol. The lowest BCUT2D eigenvalue weighted by Crippen LogP contribution is -2.42. The smallest absolute Gasteiger partial charge is 0.257 e. The summed E-state index contributed by atoms with van der Waals surface area (Å²) >= 11 is 0. The van der Waals surface area contributed by atoms with Crippen molar-refractivity contribution in [2.75, 3.05) is 18.4 Å². The summed E-state index contributed by atoms with van der Waals surface area (Å²) in [5.74, 6) is 1.46. The van der Waals surface area contributed by atoms with Crippen molar-refractivity contribution in [3.8, 4) is 6.07 Å². The third-order valence-corrected chi connectivity index (χ3v) is 4.12. The number of aryl methyl sites for hydroxylation is 1. The van der Waals surface area contributed by atoms with E-state index >= 15 is 0 Å². The zero-order valence-corrected chi connectivity index (χ0v) is 13.0. The van der Waals surface area contributed by atoms with Gasteiger partial charge in [-0.2, -0.15) is 5.26 Å². The van der Waals surface area contributed by atoms with Crippen LogP contribution in [0.5, 0.6) is 0 Å². The van der Waals surface area contributed by atoms with E-state index in [1.54, 1.807) is 31.5 Å². The summed E-state index contributed by atoms with van der Waals surface area (Å²) in [5.41, 5.74) is 1.19. The van der Waals surface area contributed by atoms with Crippen molar-refractivity contribution in [2.45, 2.75) is 25.8 Å². The molecule has 2 aromatic heterocycles. The molecule has 0 bridgehead atoms. The van der Waals surface area contributed by atoms with Gasteiger partial charge in [0.05, 0.1) is 17.4 Å². The Bertz CT molecular complexity index is 722. The van der Waals surface area contributed by atoms with Gasteiger partial charge < -0.3 is 14.6 Å². The van der Waals surface area contributed by atoms with E-state index in [1.165, 1.54) is 0 Å². The number of amides is 1. The van der Waals surface area contributed by atoms with Gasteiger partial charge in [-0.3, -0.25) is 4.79 Å². The van der Waals surface area contributed by atoms with Gasteiger partial charge in [0.1, 0.15) is 17.6 Å². The molecule has 3 rings (SSSR count). The van der Waals surface area contributed by atoms with Crippen LogP contribution in [0.2, 0.25) is 0 Å². The summed E-state index contributed by atoms with van der Waals surface area (Å²) in [6, 6.07) is 7.62. The number of furan rings is 1. The van der Waals surface area contributed by atoms with Crippen LogP contribution >= 0.6 is 0 Å². The highest BCUT2D eigenvalue weighted by Gasteiger charge is 2.25. The molecule has 0 atom stereocenters. The standard InChI is InChI=1S/C17H18N4O2/c1-12-15(6-9-23-12)17(22)21-7-4-14(5-8-21)20-16-3-2-13(10-18)11-19-16/h2-3,6,9,11,14H,4-5,7-8H2,1H3,(H,19,20). The molecule has 0 spiro atoms. The zero-order chi connectivity index (χ0) is 16.2. The lowest BCUT2D eigenvalue weighted by Gasteiger charge is -2.32. The van der Waals surface area contributed by atoms with E-state index in [2.05, 4.69) is 16.4 Å². The SMILES string of the molecule is Cc1occc1C(=O)N1CCC(Nc2ccc(C#N)cn2)CC1. The summed E-state index contributed by atoms with van der Waals surface area (Å²) in [5, 5.41) is 12.1. The van der Waals surface area contributed by atoms with Gasteiger partial charge in [0.15, 0.2) is 0 Å². The number of aromatic nitrogens is 1. The topological polar surface area (TPSA) is 82.2 Å². The third kappa shape index (κ3) is 3.34. The van der Waals surface area contributed by atoms with Crippen LogP contribution in [0.3, 0.4) is 0 Å². The highest BCUT2D eigenvalue weighted by atomic mass is 16.3. The predicted molar refractivity (Wildman–Crippen MR) is 84.9 cm³/mol. The zero-order valence-electron chi connectivity index (χ0n) is 13.0. The fourth-order valence-corrected chi connectivity index (χ4v) is 2.76. The third-order valence-electron chi connectivity index (χ3n) is 4.12. The molecule has 6 nitrogen and oxygen atoms in total. The normalized spacial score (nSPS) is 15.2. The molecule has 1 fully saturated rings. The molecule has 0 saturated carbocycles. The average molecular weight is 310 g/mol. The van der Waals surface area contributed by atoms with Gasteiger partial charge in [-0.25, -0.2) is 4.98 Å². The van der Waals surface area contributed by atoms with E-state index in [0.29, 0.717) is 30.0 Å². The second kappa shape index (κ2) is 6.53. The quantitative estimate of drug-likeness (QED) is 0.942. The fraction of sp³-hybridized carbons (Fsp3) is 0.353. The van der Waals surface area contributed by atoms with Crippen LogP contribution in [0.25, 0.3) is 0 Å². The first-order valence-corrected chi connectivity index (χ1v) is 7.63. The number of hydrogen-bond acceptors (Lipinski definition) is 5. The van der Waals surface area contributed by atoms with E-state index in [9.17, 15) is 4.79 Å². The Morgan fingerprint density at radius 2 is 2.17 bits per heavy atom. The van der Waals surface area contributed by atoms with E-state index < -0.39 is 0 Å². The van der Waals surface area contributed by atoms with Crippen LogP contribution in [0.4, 0.5) is 5.82 Å². The van der Waals surface area contributed by atoms with E-state index in [4.69, 9.17) is 9.68 Å². The number of piperidine rings is 1. The first kappa shape index (κ1) is 15.1. The minimum absolute atomic E-state index is 0.0335. The first-order valence-electron chi connectivity index (χ1n) is 7.63. The number of likely N-dealkylation sites (tertiary alicyclic amines) is 1. The number of carbonyl (C=O) groups excluding carboxylic acids is 1. The molecule has 1 aliphatic rings. The van der Waals surface area contributed by atoms with Gasteiger partial charge >= 0.3 is 0 Å². The molecule has 0 radical (unpaired) electrons. The van der Waals surface area contributed by atoms with Crippen molar-refractivity contribution in [1.82, 2.24) is 9.88 Å². The number of rotatable bonds is 3. The molecule has 2 aromatic rings. The highest BCUT2D eigenvalue weighted by Crippen LogP contribution is 2.19. The van der Waals surface area contributed by atoms with Gasteiger partial charge in [0, 0.05) is 25.3 Å². The fourth-order valence-electron chi connectivity index (χ4n) is 2.76. The summed E-state index contributed by atoms with van der Waals surface area (Å²) in [6.07, 6.45) is 4.84. The largest absolute Gasteiger partial charge is 0.469 e. The van der Waals surface area contributed by atoms with Crippen molar-refractivity contribution in [1.29, 1.82) is 5.26 Å². The molecule has 1 amide bonds. The Balaban J connectivity index is 1.55. The van der Waals surface area contributed by atoms with Gasteiger partial charge in [0.25, 0.3) is 5.91 Å². The maximum atomic E-state index is 12.4. The summed E-state index contributed by atoms with van der Waals surface area (Å²) in [7, 11) is 0. The second-order valence-corrected chi connectivity index (χ2v) is 5.65. The second-order valence-electron chi connectivity index (χ2n) is 5.65. The number of nitrogens with zero attached hydrogens (tertiary/aromatic N) is 3. The molecule has 1 N–H and O–H groups in total. The van der Waals surface area contributed by atoms with Crippen LogP contribution in [-0.2, 0) is 0 Å². The van der Waals surface area contributed by atoms with Crippen LogP contribution in [0.1, 0.15) is 34.5 Å².